The van der Waals surface area contributed by atoms with Gasteiger partial charge in [0.25, 0.3) is 5.91 Å². The summed E-state index contributed by atoms with van der Waals surface area (Å²) >= 11 is 1.70. The second-order valence-corrected chi connectivity index (χ2v) is 12.5. The average molecular weight is 692 g/mol. The summed E-state index contributed by atoms with van der Waals surface area (Å²) in [6.45, 7) is -0.302. The van der Waals surface area contributed by atoms with Crippen molar-refractivity contribution >= 4 is 17.7 Å². The second kappa shape index (κ2) is 15.3. The van der Waals surface area contributed by atoms with Crippen LogP contribution in [0.2, 0.25) is 0 Å². The first-order valence-corrected chi connectivity index (χ1v) is 16.4. The molecule has 0 radical (unpaired) electrons. The Hall–Kier alpha value is -4.55. The van der Waals surface area contributed by atoms with Crippen molar-refractivity contribution in [3.8, 4) is 11.1 Å². The van der Waals surface area contributed by atoms with E-state index in [0.29, 0.717) is 23.3 Å². The molecule has 11 heteroatoms. The van der Waals surface area contributed by atoms with Gasteiger partial charge >= 0.3 is 0 Å². The third kappa shape index (κ3) is 7.70. The van der Waals surface area contributed by atoms with Crippen molar-refractivity contribution in [2.45, 2.75) is 43.0 Å². The van der Waals surface area contributed by atoms with Crippen LogP contribution in [0.1, 0.15) is 51.4 Å². The van der Waals surface area contributed by atoms with E-state index in [9.17, 15) is 31.9 Å². The summed E-state index contributed by atoms with van der Waals surface area (Å²) in [5.74, 6) is -11.9. The molecule has 0 aromatic heterocycles. The summed E-state index contributed by atoms with van der Waals surface area (Å²) in [5, 5.41) is 11.8. The number of aliphatic hydroxyl groups excluding tert-OH is 1. The summed E-state index contributed by atoms with van der Waals surface area (Å²) in [6.07, 6.45) is -0.429. The number of benzene rings is 5. The van der Waals surface area contributed by atoms with Crippen molar-refractivity contribution in [2.24, 2.45) is 0 Å². The SMILES string of the molecule is O=C(NCc1ccccc1-c1ccc([C@@H]2O[C@H](CSc3ccccc3)C[C@H](c3ccc(CO)cc3)O2)cc1)c1c(F)c(F)c(F)c(F)c1F. The minimum Gasteiger partial charge on any atom is -0.392 e. The van der Waals surface area contributed by atoms with E-state index in [4.69, 9.17) is 9.47 Å². The highest BCUT2D eigenvalue weighted by atomic mass is 32.2. The Kier molecular flexibility index (Phi) is 10.7. The third-order valence-electron chi connectivity index (χ3n) is 8.18. The molecule has 5 nitrogen and oxygen atoms in total. The van der Waals surface area contributed by atoms with E-state index in [2.05, 4.69) is 5.32 Å². The Morgan fingerprint density at radius 2 is 1.35 bits per heavy atom. The molecular formula is C38H30F5NO4S. The number of carbonyl (C=O) groups excluding carboxylic acids is 1. The standard InChI is InChI=1S/C38H30F5NO4S/c39-32-31(33(40)35(42)36(43)34(32)41)37(46)44-19-26-6-4-5-9-29(26)23-14-16-25(17-15-23)38-47-27(21-49-28-7-2-1-3-8-28)18-30(48-38)24-12-10-22(20-45)11-13-24/h1-17,27,30,38,45H,18-21H2,(H,44,46)/t27-,30+,38+/m0/s1. The van der Waals surface area contributed by atoms with E-state index in [-0.39, 0.29) is 25.4 Å². The van der Waals surface area contributed by atoms with Gasteiger partial charge in [-0.05, 0) is 39.9 Å². The smallest absolute Gasteiger partial charge is 0.257 e. The fourth-order valence-electron chi connectivity index (χ4n) is 5.57. The molecule has 1 aliphatic heterocycles. The van der Waals surface area contributed by atoms with E-state index < -0.39 is 46.8 Å². The lowest BCUT2D eigenvalue weighted by Gasteiger charge is -2.36. The van der Waals surface area contributed by atoms with Gasteiger partial charge in [-0.2, -0.15) is 0 Å². The van der Waals surface area contributed by atoms with Crippen LogP contribution in [0.25, 0.3) is 11.1 Å². The van der Waals surface area contributed by atoms with Gasteiger partial charge in [0.1, 0.15) is 5.56 Å². The highest BCUT2D eigenvalue weighted by molar-refractivity contribution is 7.99. The normalized spacial score (nSPS) is 17.6. The number of rotatable bonds is 10. The Bertz CT molecular complexity index is 1900. The van der Waals surface area contributed by atoms with E-state index in [1.54, 1.807) is 36.0 Å². The number of hydrogen-bond acceptors (Lipinski definition) is 5. The molecule has 2 N–H and O–H groups in total. The number of carbonyl (C=O) groups is 1. The zero-order chi connectivity index (χ0) is 34.5. The lowest BCUT2D eigenvalue weighted by atomic mass is 9.97. The van der Waals surface area contributed by atoms with Gasteiger partial charge in [0.15, 0.2) is 29.6 Å². The molecule has 1 aliphatic rings. The Morgan fingerprint density at radius 1 is 0.735 bits per heavy atom. The molecule has 0 unspecified atom stereocenters. The van der Waals surface area contributed by atoms with E-state index >= 15 is 0 Å². The molecule has 1 heterocycles. The minimum atomic E-state index is -2.34. The lowest BCUT2D eigenvalue weighted by Crippen LogP contribution is -2.31. The van der Waals surface area contributed by atoms with Crippen LogP contribution < -0.4 is 5.32 Å². The second-order valence-electron chi connectivity index (χ2n) is 11.4. The van der Waals surface area contributed by atoms with Gasteiger partial charge in [-0.3, -0.25) is 4.79 Å². The first-order chi connectivity index (χ1) is 23.7. The summed E-state index contributed by atoms with van der Waals surface area (Å²) in [5.41, 5.74) is 2.96. The molecule has 5 aromatic rings. The van der Waals surface area contributed by atoms with Crippen LogP contribution in [-0.2, 0) is 22.6 Å². The molecule has 0 spiro atoms. The topological polar surface area (TPSA) is 67.8 Å². The number of ether oxygens (including phenoxy) is 2. The Morgan fingerprint density at radius 3 is 2.02 bits per heavy atom. The predicted octanol–water partition coefficient (Wildman–Crippen LogP) is 8.81. The largest absolute Gasteiger partial charge is 0.392 e. The molecule has 0 bridgehead atoms. The number of halogens is 5. The Labute approximate surface area is 283 Å². The van der Waals surface area contributed by atoms with Crippen LogP contribution in [0.4, 0.5) is 22.0 Å². The number of hydrogen-bond donors (Lipinski definition) is 2. The number of aliphatic hydroxyl groups is 1. The van der Waals surface area contributed by atoms with Crippen molar-refractivity contribution in [2.75, 3.05) is 5.75 Å². The van der Waals surface area contributed by atoms with E-state index in [1.165, 1.54) is 0 Å². The molecule has 3 atom stereocenters. The average Bonchev–Trinajstić information content (AvgIpc) is 3.15. The van der Waals surface area contributed by atoms with Gasteiger partial charge in [-0.1, -0.05) is 91.0 Å². The molecular weight excluding hydrogens is 661 g/mol. The molecule has 49 heavy (non-hydrogen) atoms. The van der Waals surface area contributed by atoms with Crippen LogP contribution >= 0.6 is 11.8 Å². The summed E-state index contributed by atoms with van der Waals surface area (Å²) < 4.78 is 82.1. The monoisotopic (exact) mass is 691 g/mol. The van der Waals surface area contributed by atoms with Gasteiger partial charge in [0, 0.05) is 29.2 Å². The highest BCUT2D eigenvalue weighted by Gasteiger charge is 2.33. The molecule has 6 rings (SSSR count). The van der Waals surface area contributed by atoms with Crippen molar-refractivity contribution in [1.82, 2.24) is 5.32 Å². The molecule has 5 aromatic carbocycles. The van der Waals surface area contributed by atoms with Gasteiger partial charge in [-0.15, -0.1) is 11.8 Å². The van der Waals surface area contributed by atoms with Crippen molar-refractivity contribution in [3.63, 3.8) is 0 Å². The maximum Gasteiger partial charge on any atom is 0.257 e. The number of thioether (sulfide) groups is 1. The van der Waals surface area contributed by atoms with Crippen LogP contribution in [-0.4, -0.2) is 22.9 Å². The van der Waals surface area contributed by atoms with Gasteiger partial charge in [-0.25, -0.2) is 22.0 Å². The first-order valence-electron chi connectivity index (χ1n) is 15.4. The van der Waals surface area contributed by atoms with Crippen molar-refractivity contribution in [3.05, 3.63) is 160 Å². The van der Waals surface area contributed by atoms with Crippen LogP contribution in [0, 0.1) is 29.1 Å². The molecule has 1 amide bonds. The summed E-state index contributed by atoms with van der Waals surface area (Å²) in [7, 11) is 0. The maximum absolute atomic E-state index is 14.2. The van der Waals surface area contributed by atoms with Crippen LogP contribution in [0.3, 0.4) is 0 Å². The summed E-state index contributed by atoms with van der Waals surface area (Å²) in [4.78, 5) is 13.7. The number of amides is 1. The van der Waals surface area contributed by atoms with Crippen LogP contribution in [0.15, 0.2) is 108 Å². The minimum absolute atomic E-state index is 0.0545. The first kappa shape index (κ1) is 34.3. The highest BCUT2D eigenvalue weighted by Crippen LogP contribution is 2.40. The predicted molar refractivity (Wildman–Crippen MR) is 175 cm³/mol. The van der Waals surface area contributed by atoms with Gasteiger partial charge in [0.05, 0.1) is 18.8 Å². The fourth-order valence-corrected chi connectivity index (χ4v) is 6.52. The molecule has 0 saturated carbocycles. The van der Waals surface area contributed by atoms with Crippen LogP contribution in [0.5, 0.6) is 0 Å². The zero-order valence-electron chi connectivity index (χ0n) is 25.8. The maximum atomic E-state index is 14.2. The number of nitrogens with one attached hydrogen (secondary N) is 1. The fraction of sp³-hybridized carbons (Fsp3) is 0.184. The third-order valence-corrected chi connectivity index (χ3v) is 9.33. The lowest BCUT2D eigenvalue weighted by molar-refractivity contribution is -0.245. The zero-order valence-corrected chi connectivity index (χ0v) is 26.7. The van der Waals surface area contributed by atoms with Crippen molar-refractivity contribution in [1.29, 1.82) is 0 Å². The molecule has 1 fully saturated rings. The van der Waals surface area contributed by atoms with Crippen molar-refractivity contribution < 1.29 is 41.3 Å². The summed E-state index contributed by atoms with van der Waals surface area (Å²) in [6, 6.07) is 32.0. The molecule has 1 saturated heterocycles. The van der Waals surface area contributed by atoms with Gasteiger partial charge in [0.2, 0.25) is 5.82 Å². The van der Waals surface area contributed by atoms with E-state index in [1.807, 2.05) is 78.9 Å². The van der Waals surface area contributed by atoms with E-state index in [0.717, 1.165) is 27.1 Å². The van der Waals surface area contributed by atoms with Gasteiger partial charge < -0.3 is 19.9 Å². The quantitative estimate of drug-likeness (QED) is 0.0664. The molecule has 0 aliphatic carbocycles. The Balaban J connectivity index is 1.20. The molecule has 252 valence electrons.